The molecule has 9 heteroatoms. The molecule has 6 nitrogen and oxygen atoms in total. The summed E-state index contributed by atoms with van der Waals surface area (Å²) in [6.07, 6.45) is -3.84. The topological polar surface area (TPSA) is 84.7 Å². The van der Waals surface area contributed by atoms with Gasteiger partial charge in [0.25, 0.3) is 0 Å². The number of benzene rings is 1. The summed E-state index contributed by atoms with van der Waals surface area (Å²) in [6, 6.07) is 3.99. The average Bonchev–Trinajstić information content (AvgIpc) is 3.01. The summed E-state index contributed by atoms with van der Waals surface area (Å²) in [7, 11) is 0. The minimum absolute atomic E-state index is 0.115. The van der Waals surface area contributed by atoms with E-state index in [2.05, 4.69) is 5.32 Å². The zero-order valence-corrected chi connectivity index (χ0v) is 12.8. The Hall–Kier alpha value is -2.45. The van der Waals surface area contributed by atoms with Gasteiger partial charge in [0.2, 0.25) is 5.91 Å². The Morgan fingerprint density at radius 3 is 2.50 bits per heavy atom. The zero-order valence-electron chi connectivity index (χ0n) is 12.8. The van der Waals surface area contributed by atoms with Gasteiger partial charge in [-0.1, -0.05) is 0 Å². The molecule has 0 radical (unpaired) electrons. The van der Waals surface area contributed by atoms with Gasteiger partial charge in [0.1, 0.15) is 12.4 Å². The number of rotatable bonds is 5. The fourth-order valence-corrected chi connectivity index (χ4v) is 2.36. The highest BCUT2D eigenvalue weighted by Gasteiger charge is 2.30. The number of nitrogens with zero attached hydrogens (tertiary/aromatic N) is 1. The SMILES string of the molecule is NC(=O)[C@@H]1CCN(C(=O)NCCOc2ccc(C(F)(F)F)cc2)C1. The minimum atomic E-state index is -4.38. The molecule has 0 saturated carbocycles. The van der Waals surface area contributed by atoms with Crippen LogP contribution in [0.15, 0.2) is 24.3 Å². The van der Waals surface area contributed by atoms with E-state index in [1.165, 1.54) is 17.0 Å². The van der Waals surface area contributed by atoms with Crippen LogP contribution in [-0.4, -0.2) is 43.1 Å². The van der Waals surface area contributed by atoms with Gasteiger partial charge in [-0.2, -0.15) is 13.2 Å². The largest absolute Gasteiger partial charge is 0.492 e. The van der Waals surface area contributed by atoms with E-state index in [0.29, 0.717) is 19.5 Å². The van der Waals surface area contributed by atoms with Gasteiger partial charge in [0.05, 0.1) is 18.0 Å². The zero-order chi connectivity index (χ0) is 17.7. The predicted octanol–water partition coefficient (Wildman–Crippen LogP) is 1.60. The number of hydrogen-bond acceptors (Lipinski definition) is 3. The fourth-order valence-electron chi connectivity index (χ4n) is 2.36. The monoisotopic (exact) mass is 345 g/mol. The average molecular weight is 345 g/mol. The number of halogens is 3. The lowest BCUT2D eigenvalue weighted by Gasteiger charge is -2.17. The molecule has 0 bridgehead atoms. The van der Waals surface area contributed by atoms with Crippen LogP contribution in [-0.2, 0) is 11.0 Å². The van der Waals surface area contributed by atoms with Crippen molar-refractivity contribution < 1.29 is 27.5 Å². The maximum atomic E-state index is 12.4. The number of amides is 3. The lowest BCUT2D eigenvalue weighted by Crippen LogP contribution is -2.41. The predicted molar refractivity (Wildman–Crippen MR) is 79.2 cm³/mol. The number of likely N-dealkylation sites (tertiary alicyclic amines) is 1. The van der Waals surface area contributed by atoms with E-state index in [1.807, 2.05) is 0 Å². The highest BCUT2D eigenvalue weighted by molar-refractivity contribution is 5.80. The molecule has 1 atom stereocenters. The number of nitrogens with two attached hydrogens (primary N) is 1. The number of nitrogens with one attached hydrogen (secondary N) is 1. The normalized spacial score (nSPS) is 17.6. The van der Waals surface area contributed by atoms with Crippen LogP contribution < -0.4 is 15.8 Å². The number of hydrogen-bond donors (Lipinski definition) is 2. The third kappa shape index (κ3) is 4.77. The van der Waals surface area contributed by atoms with Gasteiger partial charge >= 0.3 is 12.2 Å². The third-order valence-corrected chi connectivity index (χ3v) is 3.71. The van der Waals surface area contributed by atoms with Crippen LogP contribution in [0, 0.1) is 5.92 Å². The third-order valence-electron chi connectivity index (χ3n) is 3.71. The first-order valence-corrected chi connectivity index (χ1v) is 7.39. The maximum absolute atomic E-state index is 12.4. The molecule has 0 aromatic heterocycles. The second-order valence-electron chi connectivity index (χ2n) is 5.44. The standard InChI is InChI=1S/C15H18F3N3O3/c16-15(17,18)11-1-3-12(4-2-11)24-8-6-20-14(23)21-7-5-10(9-21)13(19)22/h1-4,10H,5-9H2,(H2,19,22)(H,20,23)/t10-/m1/s1. The summed E-state index contributed by atoms with van der Waals surface area (Å²) in [4.78, 5) is 24.4. The molecule has 1 aliphatic rings. The Kier molecular flexibility index (Phi) is 5.53. The highest BCUT2D eigenvalue weighted by atomic mass is 19.4. The van der Waals surface area contributed by atoms with Gasteiger partial charge in [-0.15, -0.1) is 0 Å². The Bertz CT molecular complexity index is 590. The lowest BCUT2D eigenvalue weighted by molar-refractivity contribution is -0.137. The van der Waals surface area contributed by atoms with Crippen LogP contribution in [0.2, 0.25) is 0 Å². The number of carbonyl (C=O) groups is 2. The molecule has 2 rings (SSSR count). The first-order chi connectivity index (χ1) is 11.3. The minimum Gasteiger partial charge on any atom is -0.492 e. The summed E-state index contributed by atoms with van der Waals surface area (Å²) in [5.41, 5.74) is 4.45. The fraction of sp³-hybridized carbons (Fsp3) is 0.467. The van der Waals surface area contributed by atoms with Crippen molar-refractivity contribution in [2.24, 2.45) is 11.7 Å². The molecule has 1 aromatic carbocycles. The van der Waals surface area contributed by atoms with Crippen LogP contribution in [0.4, 0.5) is 18.0 Å². The van der Waals surface area contributed by atoms with Gasteiger partial charge in [-0.25, -0.2) is 4.79 Å². The molecule has 1 aliphatic heterocycles. The van der Waals surface area contributed by atoms with Gasteiger partial charge in [0.15, 0.2) is 0 Å². The lowest BCUT2D eigenvalue weighted by atomic mass is 10.1. The summed E-state index contributed by atoms with van der Waals surface area (Å²) < 4.78 is 42.5. The van der Waals surface area contributed by atoms with Crippen molar-refractivity contribution in [2.45, 2.75) is 12.6 Å². The van der Waals surface area contributed by atoms with Crippen molar-refractivity contribution in [3.05, 3.63) is 29.8 Å². The van der Waals surface area contributed by atoms with E-state index in [-0.39, 0.29) is 30.9 Å². The highest BCUT2D eigenvalue weighted by Crippen LogP contribution is 2.30. The summed E-state index contributed by atoms with van der Waals surface area (Å²) in [5, 5.41) is 2.62. The number of primary amides is 1. The van der Waals surface area contributed by atoms with Crippen molar-refractivity contribution in [1.82, 2.24) is 10.2 Å². The Balaban J connectivity index is 1.69. The molecule has 1 heterocycles. The van der Waals surface area contributed by atoms with E-state index < -0.39 is 17.6 Å². The first-order valence-electron chi connectivity index (χ1n) is 7.39. The molecule has 3 amide bonds. The van der Waals surface area contributed by atoms with Crippen LogP contribution in [0.3, 0.4) is 0 Å². The maximum Gasteiger partial charge on any atom is 0.416 e. The molecule has 132 valence electrons. The molecule has 0 spiro atoms. The van der Waals surface area contributed by atoms with Crippen molar-refractivity contribution in [3.63, 3.8) is 0 Å². The summed E-state index contributed by atoms with van der Waals surface area (Å²) >= 11 is 0. The number of urea groups is 1. The molecule has 1 aromatic rings. The molecular formula is C15H18F3N3O3. The number of alkyl halides is 3. The van der Waals surface area contributed by atoms with E-state index >= 15 is 0 Å². The van der Waals surface area contributed by atoms with E-state index in [0.717, 1.165) is 12.1 Å². The van der Waals surface area contributed by atoms with Crippen LogP contribution in [0.1, 0.15) is 12.0 Å². The molecule has 0 aliphatic carbocycles. The van der Waals surface area contributed by atoms with Gasteiger partial charge in [0, 0.05) is 13.1 Å². The Morgan fingerprint density at radius 2 is 1.96 bits per heavy atom. The summed E-state index contributed by atoms with van der Waals surface area (Å²) in [5.74, 6) is -0.456. The van der Waals surface area contributed by atoms with Gasteiger partial charge in [-0.3, -0.25) is 4.79 Å². The Labute approximate surface area is 136 Å². The molecular weight excluding hydrogens is 327 g/mol. The van der Waals surface area contributed by atoms with Crippen LogP contribution in [0.5, 0.6) is 5.75 Å². The second kappa shape index (κ2) is 7.41. The molecule has 1 fully saturated rings. The van der Waals surface area contributed by atoms with Crippen LogP contribution in [0.25, 0.3) is 0 Å². The van der Waals surface area contributed by atoms with Crippen molar-refractivity contribution >= 4 is 11.9 Å². The molecule has 1 saturated heterocycles. The Morgan fingerprint density at radius 1 is 1.29 bits per heavy atom. The number of carbonyl (C=O) groups excluding carboxylic acids is 2. The molecule has 0 unspecified atom stereocenters. The smallest absolute Gasteiger partial charge is 0.416 e. The van der Waals surface area contributed by atoms with Gasteiger partial charge < -0.3 is 20.7 Å². The molecule has 3 N–H and O–H groups in total. The number of ether oxygens (including phenoxy) is 1. The van der Waals surface area contributed by atoms with Gasteiger partial charge in [-0.05, 0) is 30.7 Å². The van der Waals surface area contributed by atoms with Crippen LogP contribution >= 0.6 is 0 Å². The summed E-state index contributed by atoms with van der Waals surface area (Å²) in [6.45, 7) is 1.06. The van der Waals surface area contributed by atoms with Crippen molar-refractivity contribution in [1.29, 1.82) is 0 Å². The van der Waals surface area contributed by atoms with Crippen molar-refractivity contribution in [2.75, 3.05) is 26.2 Å². The van der Waals surface area contributed by atoms with Crippen molar-refractivity contribution in [3.8, 4) is 5.75 Å². The molecule has 24 heavy (non-hydrogen) atoms. The van der Waals surface area contributed by atoms with E-state index in [4.69, 9.17) is 10.5 Å². The second-order valence-corrected chi connectivity index (χ2v) is 5.44. The van der Waals surface area contributed by atoms with E-state index in [1.54, 1.807) is 0 Å². The first kappa shape index (κ1) is 17.9. The quantitative estimate of drug-likeness (QED) is 0.795. The van der Waals surface area contributed by atoms with E-state index in [9.17, 15) is 22.8 Å².